The summed E-state index contributed by atoms with van der Waals surface area (Å²) in [4.78, 5) is 25.0. The number of benzene rings is 2. The average molecular weight is 492 g/mol. The zero-order chi connectivity index (χ0) is 24.1. The maximum atomic E-state index is 13.1. The summed E-state index contributed by atoms with van der Waals surface area (Å²) in [5.74, 6) is 0.0225. The van der Waals surface area contributed by atoms with Crippen LogP contribution in [0, 0.1) is 5.82 Å². The van der Waals surface area contributed by atoms with E-state index in [1.165, 1.54) is 42.4 Å². The highest BCUT2D eigenvalue weighted by molar-refractivity contribution is 7.99. The van der Waals surface area contributed by atoms with Crippen molar-refractivity contribution >= 4 is 34.9 Å². The van der Waals surface area contributed by atoms with E-state index in [0.717, 1.165) is 36.7 Å². The molecule has 34 heavy (non-hydrogen) atoms. The van der Waals surface area contributed by atoms with Gasteiger partial charge in [0.25, 0.3) is 0 Å². The minimum atomic E-state index is -4.47. The van der Waals surface area contributed by atoms with Crippen LogP contribution >= 0.6 is 11.8 Å². The summed E-state index contributed by atoms with van der Waals surface area (Å²) in [5.41, 5.74) is 0.229. The Morgan fingerprint density at radius 3 is 2.38 bits per heavy atom. The molecule has 0 saturated carbocycles. The lowest BCUT2D eigenvalue weighted by Crippen LogP contribution is -2.46. The fourth-order valence-corrected chi connectivity index (χ4v) is 4.20. The van der Waals surface area contributed by atoms with Crippen LogP contribution in [-0.2, 0) is 11.0 Å². The number of aromatic nitrogens is 2. The second kappa shape index (κ2) is 10.3. The number of carbonyl (C=O) groups excluding carboxylic acids is 1. The van der Waals surface area contributed by atoms with Crippen LogP contribution in [0.1, 0.15) is 5.56 Å². The molecule has 1 N–H and O–H groups in total. The molecule has 1 amide bonds. The Morgan fingerprint density at radius 1 is 0.971 bits per heavy atom. The smallest absolute Gasteiger partial charge is 0.368 e. The molecule has 0 atom stereocenters. The number of thioether (sulfide) groups is 1. The summed E-state index contributed by atoms with van der Waals surface area (Å²) in [6.07, 6.45) is -3.05. The fraction of sp³-hybridized carbons (Fsp3) is 0.261. The monoisotopic (exact) mass is 491 g/mol. The first-order valence-corrected chi connectivity index (χ1v) is 11.4. The summed E-state index contributed by atoms with van der Waals surface area (Å²) >= 11 is 1.18. The van der Waals surface area contributed by atoms with Gasteiger partial charge in [-0.2, -0.15) is 13.2 Å². The van der Waals surface area contributed by atoms with Crippen molar-refractivity contribution in [2.45, 2.75) is 11.2 Å². The lowest BCUT2D eigenvalue weighted by atomic mass is 10.2. The molecule has 3 aromatic rings. The predicted molar refractivity (Wildman–Crippen MR) is 124 cm³/mol. The lowest BCUT2D eigenvalue weighted by Gasteiger charge is -2.36. The Morgan fingerprint density at radius 2 is 1.68 bits per heavy atom. The minimum Gasteiger partial charge on any atom is -0.368 e. The number of halogens is 4. The molecule has 0 unspecified atom stereocenters. The third kappa shape index (κ3) is 6.16. The number of alkyl halides is 3. The Labute approximate surface area is 198 Å². The van der Waals surface area contributed by atoms with E-state index >= 15 is 0 Å². The number of rotatable bonds is 6. The fourth-order valence-electron chi connectivity index (χ4n) is 3.54. The van der Waals surface area contributed by atoms with E-state index in [-0.39, 0.29) is 17.3 Å². The van der Waals surface area contributed by atoms with Gasteiger partial charge in [0.1, 0.15) is 23.0 Å². The van der Waals surface area contributed by atoms with Gasteiger partial charge in [0, 0.05) is 43.6 Å². The molecule has 0 spiro atoms. The van der Waals surface area contributed by atoms with E-state index in [9.17, 15) is 22.4 Å². The Hall–Kier alpha value is -3.34. The van der Waals surface area contributed by atoms with Gasteiger partial charge in [0.15, 0.2) is 0 Å². The summed E-state index contributed by atoms with van der Waals surface area (Å²) in [6, 6.07) is 12.7. The van der Waals surface area contributed by atoms with Crippen molar-refractivity contribution in [3.63, 3.8) is 0 Å². The van der Waals surface area contributed by atoms with Crippen molar-refractivity contribution in [2.75, 3.05) is 47.0 Å². The molecule has 0 bridgehead atoms. The summed E-state index contributed by atoms with van der Waals surface area (Å²) in [5, 5.41) is 3.07. The van der Waals surface area contributed by atoms with Crippen molar-refractivity contribution in [3.8, 4) is 0 Å². The molecule has 2 heterocycles. The molecule has 1 aliphatic heterocycles. The van der Waals surface area contributed by atoms with Crippen molar-refractivity contribution in [1.29, 1.82) is 0 Å². The van der Waals surface area contributed by atoms with Gasteiger partial charge < -0.3 is 15.1 Å². The van der Waals surface area contributed by atoms with E-state index in [4.69, 9.17) is 0 Å². The van der Waals surface area contributed by atoms with E-state index in [1.54, 1.807) is 18.2 Å². The molecule has 0 radical (unpaired) electrons. The SMILES string of the molecule is O=C(CSc1cc(N2CCN(c3ccc(F)cc3)CC2)ncn1)Nc1cccc(C(F)(F)F)c1. The molecule has 178 valence electrons. The third-order valence-corrected chi connectivity index (χ3v) is 6.17. The van der Waals surface area contributed by atoms with Gasteiger partial charge >= 0.3 is 6.18 Å². The second-order valence-corrected chi connectivity index (χ2v) is 8.58. The predicted octanol–water partition coefficient (Wildman–Crippen LogP) is 4.69. The molecule has 4 rings (SSSR count). The second-order valence-electron chi connectivity index (χ2n) is 7.58. The topological polar surface area (TPSA) is 61.4 Å². The molecule has 6 nitrogen and oxygen atoms in total. The maximum Gasteiger partial charge on any atom is 0.416 e. The number of hydrogen-bond acceptors (Lipinski definition) is 6. The molecule has 1 fully saturated rings. The van der Waals surface area contributed by atoms with Crippen molar-refractivity contribution < 1.29 is 22.4 Å². The van der Waals surface area contributed by atoms with E-state index in [1.807, 2.05) is 0 Å². The van der Waals surface area contributed by atoms with Crippen molar-refractivity contribution in [1.82, 2.24) is 9.97 Å². The van der Waals surface area contributed by atoms with E-state index in [0.29, 0.717) is 18.1 Å². The first-order valence-electron chi connectivity index (χ1n) is 10.5. The number of nitrogens with one attached hydrogen (secondary N) is 1. The number of nitrogens with zero attached hydrogens (tertiary/aromatic N) is 4. The molecular weight excluding hydrogens is 470 g/mol. The van der Waals surface area contributed by atoms with Gasteiger partial charge in [-0.05, 0) is 42.5 Å². The standard InChI is InChI=1S/C23H21F4N5OS/c24-17-4-6-19(7-5-17)31-8-10-32(11-9-31)20-13-22(29-15-28-20)34-14-21(33)30-18-3-1-2-16(12-18)23(25,26)27/h1-7,12-13,15H,8-11,14H2,(H,30,33). The molecule has 2 aromatic carbocycles. The Balaban J connectivity index is 1.30. The van der Waals surface area contributed by atoms with Gasteiger partial charge in [0.05, 0.1) is 11.3 Å². The molecule has 1 aliphatic rings. The van der Waals surface area contributed by atoms with Gasteiger partial charge in [-0.25, -0.2) is 14.4 Å². The van der Waals surface area contributed by atoms with Crippen molar-refractivity contribution in [2.24, 2.45) is 0 Å². The zero-order valence-electron chi connectivity index (χ0n) is 17.9. The normalized spacial score (nSPS) is 14.2. The van der Waals surface area contributed by atoms with Gasteiger partial charge in [-0.1, -0.05) is 17.8 Å². The highest BCUT2D eigenvalue weighted by Gasteiger charge is 2.30. The van der Waals surface area contributed by atoms with Gasteiger partial charge in [-0.3, -0.25) is 4.79 Å². The van der Waals surface area contributed by atoms with Gasteiger partial charge in [-0.15, -0.1) is 0 Å². The summed E-state index contributed by atoms with van der Waals surface area (Å²) < 4.78 is 51.7. The average Bonchev–Trinajstić information content (AvgIpc) is 2.83. The number of carbonyl (C=O) groups is 1. The Kier molecular flexibility index (Phi) is 7.20. The van der Waals surface area contributed by atoms with Crippen LogP contribution in [0.4, 0.5) is 34.8 Å². The molecular formula is C23H21F4N5OS. The molecule has 1 aromatic heterocycles. The highest BCUT2D eigenvalue weighted by atomic mass is 32.2. The lowest BCUT2D eigenvalue weighted by molar-refractivity contribution is -0.137. The quantitative estimate of drug-likeness (QED) is 0.307. The summed E-state index contributed by atoms with van der Waals surface area (Å²) in [7, 11) is 0. The van der Waals surface area contributed by atoms with Crippen LogP contribution in [0.3, 0.4) is 0 Å². The molecule has 11 heteroatoms. The highest BCUT2D eigenvalue weighted by Crippen LogP contribution is 2.31. The summed E-state index contributed by atoms with van der Waals surface area (Å²) in [6.45, 7) is 2.93. The number of hydrogen-bond donors (Lipinski definition) is 1. The van der Waals surface area contributed by atoms with Gasteiger partial charge in [0.2, 0.25) is 5.91 Å². The first-order chi connectivity index (χ1) is 16.3. The van der Waals surface area contributed by atoms with Crippen LogP contribution in [-0.4, -0.2) is 47.8 Å². The largest absolute Gasteiger partial charge is 0.416 e. The van der Waals surface area contributed by atoms with Crippen LogP contribution in [0.25, 0.3) is 0 Å². The Bertz CT molecular complexity index is 1130. The zero-order valence-corrected chi connectivity index (χ0v) is 18.7. The van der Waals surface area contributed by atoms with Crippen LogP contribution < -0.4 is 15.1 Å². The number of amides is 1. The third-order valence-electron chi connectivity index (χ3n) is 5.25. The van der Waals surface area contributed by atoms with Crippen LogP contribution in [0.2, 0.25) is 0 Å². The van der Waals surface area contributed by atoms with Crippen molar-refractivity contribution in [3.05, 3.63) is 72.3 Å². The minimum absolute atomic E-state index is 0.00889. The molecule has 1 saturated heterocycles. The molecule has 0 aliphatic carbocycles. The van der Waals surface area contributed by atoms with Crippen LogP contribution in [0.15, 0.2) is 66.0 Å². The maximum absolute atomic E-state index is 13.1. The number of anilines is 3. The number of piperazine rings is 1. The van der Waals surface area contributed by atoms with E-state index in [2.05, 4.69) is 25.1 Å². The van der Waals surface area contributed by atoms with Crippen LogP contribution in [0.5, 0.6) is 0 Å². The van der Waals surface area contributed by atoms with E-state index < -0.39 is 17.6 Å². The first kappa shape index (κ1) is 23.8.